The van der Waals surface area contributed by atoms with E-state index in [1.165, 1.54) is 33.6 Å². The lowest BCUT2D eigenvalue weighted by molar-refractivity contribution is -0.150. The van der Waals surface area contributed by atoms with Crippen LogP contribution in [0, 0.1) is 12.3 Å². The molecule has 1 saturated heterocycles. The number of anilines is 1. The summed E-state index contributed by atoms with van der Waals surface area (Å²) < 4.78 is 1.41. The summed E-state index contributed by atoms with van der Waals surface area (Å²) in [6.45, 7) is 2.02. The van der Waals surface area contributed by atoms with Gasteiger partial charge in [-0.25, -0.2) is 14.5 Å². The summed E-state index contributed by atoms with van der Waals surface area (Å²) in [5, 5.41) is 31.5. The minimum atomic E-state index is -1.26. The molecule has 0 aromatic carbocycles. The van der Waals surface area contributed by atoms with Crippen molar-refractivity contribution in [3.05, 3.63) is 22.3 Å². The van der Waals surface area contributed by atoms with Gasteiger partial charge in [0, 0.05) is 16.9 Å². The summed E-state index contributed by atoms with van der Waals surface area (Å²) >= 11 is 3.59. The zero-order valence-electron chi connectivity index (χ0n) is 19.6. The van der Waals surface area contributed by atoms with Gasteiger partial charge in [-0.15, -0.1) is 34.6 Å². The van der Waals surface area contributed by atoms with Crippen LogP contribution in [-0.2, 0) is 30.6 Å². The van der Waals surface area contributed by atoms with Gasteiger partial charge >= 0.3 is 5.97 Å². The predicted molar refractivity (Wildman–Crippen MR) is 137 cm³/mol. The predicted octanol–water partition coefficient (Wildman–Crippen LogP) is -0.397. The second-order valence-corrected chi connectivity index (χ2v) is 10.3. The monoisotopic (exact) mass is 577 g/mol. The minimum Gasteiger partial charge on any atom is -0.477 e. The number of β-lactam (4-membered cyclic amide) rings is 1. The maximum atomic E-state index is 13.0. The third kappa shape index (κ3) is 5.49. The van der Waals surface area contributed by atoms with Crippen LogP contribution in [0.25, 0.3) is 0 Å². The number of carbonyl (C=O) groups excluding carboxylic acids is 3. The summed E-state index contributed by atoms with van der Waals surface area (Å²) in [4.78, 5) is 59.2. The van der Waals surface area contributed by atoms with Crippen LogP contribution in [0.1, 0.15) is 12.6 Å². The standard InChI is InChI=1S/C20H19N9O6S3/c1-3-5-28-20(24-26-27-28)38-7-10-6-36-17-13(16(32)29(17)14(10)18(33)34)23-15(31)12(25-35-4-2)11-8-37-19(22-11)21-9-30/h1,8-9,13,17H,4-7H2,2H3,(H,23,31)(H,33,34)(H,21,22,30)/t13?,17-/m1/s1. The molecule has 3 N–H and O–H groups in total. The third-order valence-electron chi connectivity index (χ3n) is 5.08. The topological polar surface area (TPSA) is 194 Å². The molecule has 4 rings (SSSR count). The van der Waals surface area contributed by atoms with E-state index < -0.39 is 29.2 Å². The molecular weight excluding hydrogens is 558 g/mol. The van der Waals surface area contributed by atoms with Crippen LogP contribution in [0.3, 0.4) is 0 Å². The van der Waals surface area contributed by atoms with E-state index in [9.17, 15) is 24.3 Å². The lowest BCUT2D eigenvalue weighted by Gasteiger charge is -2.49. The fourth-order valence-corrected chi connectivity index (χ4v) is 6.49. The van der Waals surface area contributed by atoms with Gasteiger partial charge in [0.2, 0.25) is 11.6 Å². The van der Waals surface area contributed by atoms with Gasteiger partial charge in [-0.05, 0) is 22.9 Å². The van der Waals surface area contributed by atoms with Crippen molar-refractivity contribution in [1.29, 1.82) is 0 Å². The molecule has 4 heterocycles. The zero-order valence-corrected chi connectivity index (χ0v) is 22.0. The van der Waals surface area contributed by atoms with Crippen molar-refractivity contribution < 1.29 is 29.1 Å². The van der Waals surface area contributed by atoms with E-state index in [4.69, 9.17) is 11.3 Å². The molecule has 15 nitrogen and oxygen atoms in total. The normalized spacial score (nSPS) is 18.8. The molecule has 1 unspecified atom stereocenters. The summed E-state index contributed by atoms with van der Waals surface area (Å²) in [6, 6.07) is -0.989. The number of carboxylic acids is 1. The molecule has 2 aliphatic heterocycles. The molecule has 2 atom stereocenters. The Morgan fingerprint density at radius 1 is 1.47 bits per heavy atom. The number of nitrogens with zero attached hydrogens (tertiary/aromatic N) is 7. The Bertz CT molecular complexity index is 1360. The number of fused-ring (bicyclic) bond motifs is 1. The number of hydrogen-bond donors (Lipinski definition) is 3. The minimum absolute atomic E-state index is 0.139. The maximum absolute atomic E-state index is 13.0. The zero-order chi connectivity index (χ0) is 27.2. The van der Waals surface area contributed by atoms with Crippen molar-refractivity contribution >= 4 is 69.9 Å². The highest BCUT2D eigenvalue weighted by molar-refractivity contribution is 8.01. The van der Waals surface area contributed by atoms with Crippen LogP contribution in [-0.4, -0.2) is 94.6 Å². The van der Waals surface area contributed by atoms with Crippen molar-refractivity contribution in [2.24, 2.45) is 5.16 Å². The van der Waals surface area contributed by atoms with Gasteiger partial charge in [0.05, 0.1) is 0 Å². The number of carbonyl (C=O) groups is 4. The summed E-state index contributed by atoms with van der Waals surface area (Å²) in [6.07, 6.45) is 5.76. The number of aliphatic carboxylic acids is 1. The molecule has 0 saturated carbocycles. The van der Waals surface area contributed by atoms with Crippen LogP contribution in [0.2, 0.25) is 0 Å². The first-order valence-corrected chi connectivity index (χ1v) is 13.7. The SMILES string of the molecule is C#CCn1nnnc1SCC1=C(C(=O)O)N2C(=O)C(NC(=O)C(=NOCC)c3csc(NC=O)n3)[C@H]2SC1. The van der Waals surface area contributed by atoms with Crippen molar-refractivity contribution in [2.75, 3.05) is 23.4 Å². The quantitative estimate of drug-likeness (QED) is 0.0739. The largest absolute Gasteiger partial charge is 0.477 e. The van der Waals surface area contributed by atoms with Gasteiger partial charge in [-0.2, -0.15) is 0 Å². The number of terminal acetylenes is 1. The molecule has 2 aliphatic rings. The number of carboxylic acid groups (broad SMARTS) is 1. The second-order valence-electron chi connectivity index (χ2n) is 7.39. The highest BCUT2D eigenvalue weighted by Gasteiger charge is 2.54. The molecule has 2 aromatic heterocycles. The lowest BCUT2D eigenvalue weighted by atomic mass is 10.0. The van der Waals surface area contributed by atoms with E-state index in [0.29, 0.717) is 22.9 Å². The Hall–Kier alpha value is -3.95. The third-order valence-corrected chi connectivity index (χ3v) is 8.24. The Kier molecular flexibility index (Phi) is 8.60. The summed E-state index contributed by atoms with van der Waals surface area (Å²) in [5.74, 6) is 0.386. The smallest absolute Gasteiger partial charge is 0.352 e. The number of oxime groups is 1. The Morgan fingerprint density at radius 2 is 2.29 bits per heavy atom. The molecule has 0 aliphatic carbocycles. The molecule has 38 heavy (non-hydrogen) atoms. The summed E-state index contributed by atoms with van der Waals surface area (Å²) in [7, 11) is 0. The van der Waals surface area contributed by atoms with E-state index in [0.717, 1.165) is 16.2 Å². The number of rotatable bonds is 12. The van der Waals surface area contributed by atoms with Crippen molar-refractivity contribution in [2.45, 2.75) is 30.0 Å². The number of thioether (sulfide) groups is 2. The molecule has 0 radical (unpaired) electrons. The van der Waals surface area contributed by atoms with Crippen LogP contribution < -0.4 is 10.6 Å². The lowest BCUT2D eigenvalue weighted by Crippen LogP contribution is -2.71. The fraction of sp³-hybridized carbons (Fsp3) is 0.350. The first-order chi connectivity index (χ1) is 18.4. The Morgan fingerprint density at radius 3 is 3.00 bits per heavy atom. The molecule has 18 heteroatoms. The molecule has 0 spiro atoms. The van der Waals surface area contributed by atoms with Crippen molar-refractivity contribution in [3.8, 4) is 12.3 Å². The van der Waals surface area contributed by atoms with Crippen LogP contribution in [0.4, 0.5) is 5.13 Å². The molecule has 3 amide bonds. The van der Waals surface area contributed by atoms with E-state index in [2.05, 4.69) is 42.2 Å². The molecule has 198 valence electrons. The first kappa shape index (κ1) is 27.1. The maximum Gasteiger partial charge on any atom is 0.352 e. The molecule has 0 bridgehead atoms. The van der Waals surface area contributed by atoms with E-state index >= 15 is 0 Å². The summed E-state index contributed by atoms with van der Waals surface area (Å²) in [5.41, 5.74) is 0.321. The van der Waals surface area contributed by atoms with Gasteiger partial charge < -0.3 is 20.6 Å². The van der Waals surface area contributed by atoms with E-state index in [-0.39, 0.29) is 41.1 Å². The fourth-order valence-electron chi connectivity index (χ4n) is 3.47. The highest BCUT2D eigenvalue weighted by atomic mass is 32.2. The van der Waals surface area contributed by atoms with E-state index in [1.807, 2.05) is 0 Å². The highest BCUT2D eigenvalue weighted by Crippen LogP contribution is 2.41. The van der Waals surface area contributed by atoms with E-state index in [1.54, 1.807) is 6.92 Å². The number of hydrogen-bond acceptors (Lipinski definition) is 13. The van der Waals surface area contributed by atoms with Crippen molar-refractivity contribution in [1.82, 2.24) is 35.4 Å². The Labute approximate surface area is 227 Å². The van der Waals surface area contributed by atoms with Gasteiger partial charge in [0.15, 0.2) is 10.8 Å². The molecule has 1 fully saturated rings. The second kappa shape index (κ2) is 12.1. The van der Waals surface area contributed by atoms with Gasteiger partial charge in [-0.1, -0.05) is 22.8 Å². The number of thiazole rings is 1. The number of tetrazole rings is 1. The van der Waals surface area contributed by atoms with Gasteiger partial charge in [0.1, 0.15) is 36.0 Å². The average Bonchev–Trinajstić information content (AvgIpc) is 3.55. The van der Waals surface area contributed by atoms with Crippen LogP contribution in [0.5, 0.6) is 0 Å². The van der Waals surface area contributed by atoms with Crippen LogP contribution >= 0.6 is 34.9 Å². The number of aromatic nitrogens is 5. The van der Waals surface area contributed by atoms with Crippen molar-refractivity contribution in [3.63, 3.8) is 0 Å². The molecule has 2 aromatic rings. The first-order valence-electron chi connectivity index (χ1n) is 10.8. The Balaban J connectivity index is 1.48. The molecular formula is C20H19N9O6S3. The van der Waals surface area contributed by atoms with Crippen LogP contribution in [0.15, 0.2) is 27.0 Å². The van der Waals surface area contributed by atoms with Gasteiger partial charge in [-0.3, -0.25) is 19.3 Å². The number of amides is 3. The van der Waals surface area contributed by atoms with Gasteiger partial charge in [0.25, 0.3) is 11.8 Å². The average molecular weight is 578 g/mol. The number of nitrogens with one attached hydrogen (secondary N) is 2.